The van der Waals surface area contributed by atoms with Crippen LogP contribution in [0.1, 0.15) is 25.7 Å². The molecular weight excluding hydrogens is 199 g/mol. The molecule has 1 unspecified atom stereocenters. The van der Waals surface area contributed by atoms with Crippen LogP contribution >= 0.6 is 0 Å². The predicted molar refractivity (Wildman–Crippen MR) is 42.0 cm³/mol. The Kier molecular flexibility index (Phi) is 11.1. The van der Waals surface area contributed by atoms with Gasteiger partial charge >= 0.3 is 32.7 Å². The molecule has 0 radical (unpaired) electrons. The fourth-order valence-electron chi connectivity index (χ4n) is 1.21. The summed E-state index contributed by atoms with van der Waals surface area (Å²) in [5.41, 5.74) is 0. The van der Waals surface area contributed by atoms with Crippen LogP contribution < -0.4 is 5.32 Å². The maximum Gasteiger partial charge on any atom is 3.00 e. The Hall–Kier alpha value is 1.06. The standard InChI is InChI=1S/C7H14N.CH3.Y/c1-8-7-5-3-2-4-6-7;;/h5,7-8H,2-4,6H2,1H3;1H3;/q2*-1;+3. The molecule has 1 aliphatic carbocycles. The van der Waals surface area contributed by atoms with Gasteiger partial charge in [-0.05, 0) is 7.05 Å². The van der Waals surface area contributed by atoms with E-state index in [9.17, 15) is 0 Å². The first kappa shape index (κ1) is 13.6. The maximum atomic E-state index is 3.25. The fourth-order valence-corrected chi connectivity index (χ4v) is 1.21. The van der Waals surface area contributed by atoms with Gasteiger partial charge in [0.05, 0.1) is 0 Å². The fraction of sp³-hybridized carbons (Fsp3) is 0.750. The van der Waals surface area contributed by atoms with Gasteiger partial charge in [-0.1, -0.05) is 19.3 Å². The van der Waals surface area contributed by atoms with Crippen molar-refractivity contribution in [2.45, 2.75) is 31.7 Å². The minimum absolute atomic E-state index is 0. The van der Waals surface area contributed by atoms with Crippen LogP contribution in [0.4, 0.5) is 0 Å². The monoisotopic (exact) mass is 216 g/mol. The van der Waals surface area contributed by atoms with Crippen molar-refractivity contribution in [3.63, 3.8) is 0 Å². The molecule has 1 aliphatic rings. The summed E-state index contributed by atoms with van der Waals surface area (Å²) in [5, 5.41) is 3.25. The van der Waals surface area contributed by atoms with E-state index in [4.69, 9.17) is 0 Å². The summed E-state index contributed by atoms with van der Waals surface area (Å²) < 4.78 is 0. The molecule has 0 aromatic rings. The number of hydrogen-bond donors (Lipinski definition) is 1. The van der Waals surface area contributed by atoms with E-state index in [2.05, 4.69) is 11.7 Å². The molecule has 0 aromatic carbocycles. The van der Waals surface area contributed by atoms with Crippen molar-refractivity contribution in [1.29, 1.82) is 0 Å². The van der Waals surface area contributed by atoms with Gasteiger partial charge in [0, 0.05) is 0 Å². The Bertz CT molecular complexity index is 60.3. The number of nitrogens with one attached hydrogen (secondary N) is 1. The van der Waals surface area contributed by atoms with Crippen LogP contribution in [-0.4, -0.2) is 13.1 Å². The van der Waals surface area contributed by atoms with Crippen molar-refractivity contribution in [3.05, 3.63) is 13.8 Å². The molecule has 1 atom stereocenters. The summed E-state index contributed by atoms with van der Waals surface area (Å²) in [7, 11) is 2.03. The summed E-state index contributed by atoms with van der Waals surface area (Å²) >= 11 is 0. The quantitative estimate of drug-likeness (QED) is 0.659. The zero-order valence-corrected chi connectivity index (χ0v) is 9.90. The van der Waals surface area contributed by atoms with E-state index in [0.717, 1.165) is 0 Å². The molecule has 0 aliphatic heterocycles. The molecule has 1 rings (SSSR count). The Morgan fingerprint density at radius 2 is 2.10 bits per heavy atom. The van der Waals surface area contributed by atoms with E-state index < -0.39 is 0 Å². The molecule has 1 nitrogen and oxygen atoms in total. The minimum Gasteiger partial charge on any atom is -0.358 e. The molecule has 0 aromatic heterocycles. The third-order valence-corrected chi connectivity index (χ3v) is 1.79. The molecule has 56 valence electrons. The van der Waals surface area contributed by atoms with Crippen LogP contribution in [0.15, 0.2) is 0 Å². The van der Waals surface area contributed by atoms with Crippen molar-refractivity contribution < 1.29 is 32.7 Å². The summed E-state index contributed by atoms with van der Waals surface area (Å²) in [5.74, 6) is 0. The van der Waals surface area contributed by atoms with Crippen LogP contribution in [0.5, 0.6) is 0 Å². The van der Waals surface area contributed by atoms with Gasteiger partial charge in [-0.3, -0.25) is 0 Å². The first-order valence-corrected chi connectivity index (χ1v) is 3.44. The smallest absolute Gasteiger partial charge is 0.358 e. The van der Waals surface area contributed by atoms with E-state index >= 15 is 0 Å². The largest absolute Gasteiger partial charge is 3.00 e. The van der Waals surface area contributed by atoms with Crippen molar-refractivity contribution in [1.82, 2.24) is 5.32 Å². The second-order valence-corrected chi connectivity index (χ2v) is 2.42. The Morgan fingerprint density at radius 3 is 2.40 bits per heavy atom. The topological polar surface area (TPSA) is 12.0 Å². The van der Waals surface area contributed by atoms with Crippen molar-refractivity contribution in [2.75, 3.05) is 7.05 Å². The first-order chi connectivity index (χ1) is 3.93. The molecule has 0 bridgehead atoms. The Balaban J connectivity index is 0. The van der Waals surface area contributed by atoms with Crippen LogP contribution in [0.25, 0.3) is 0 Å². The average Bonchev–Trinajstić information content (AvgIpc) is 1.90. The van der Waals surface area contributed by atoms with E-state index in [1.165, 1.54) is 25.7 Å². The van der Waals surface area contributed by atoms with Gasteiger partial charge in [0.1, 0.15) is 0 Å². The van der Waals surface area contributed by atoms with Gasteiger partial charge in [-0.2, -0.15) is 6.42 Å². The van der Waals surface area contributed by atoms with E-state index in [1.807, 2.05) is 7.05 Å². The summed E-state index contributed by atoms with van der Waals surface area (Å²) in [6.45, 7) is 0. The molecule has 1 saturated carbocycles. The second kappa shape index (κ2) is 8.16. The van der Waals surface area contributed by atoms with E-state index in [0.29, 0.717) is 6.04 Å². The third kappa shape index (κ3) is 4.81. The molecule has 1 fully saturated rings. The van der Waals surface area contributed by atoms with Gasteiger partial charge in [0.2, 0.25) is 0 Å². The predicted octanol–water partition coefficient (Wildman–Crippen LogP) is 1.80. The molecule has 1 N–H and O–H groups in total. The van der Waals surface area contributed by atoms with Gasteiger partial charge in [0.25, 0.3) is 0 Å². The van der Waals surface area contributed by atoms with Crippen LogP contribution in [0, 0.1) is 13.8 Å². The number of hydrogen-bond acceptors (Lipinski definition) is 1. The molecule has 0 saturated heterocycles. The molecule has 0 amide bonds. The first-order valence-electron chi connectivity index (χ1n) is 3.44. The van der Waals surface area contributed by atoms with Crippen LogP contribution in [0.3, 0.4) is 0 Å². The molecule has 0 heterocycles. The van der Waals surface area contributed by atoms with Gasteiger partial charge < -0.3 is 19.2 Å². The van der Waals surface area contributed by atoms with E-state index in [-0.39, 0.29) is 40.1 Å². The van der Waals surface area contributed by atoms with Gasteiger partial charge in [-0.25, -0.2) is 0 Å². The SMILES string of the molecule is CNC1[CH-]CCCC1.[CH3-].[Y+3]. The Morgan fingerprint density at radius 1 is 1.40 bits per heavy atom. The maximum absolute atomic E-state index is 3.25. The third-order valence-electron chi connectivity index (χ3n) is 1.79. The summed E-state index contributed by atoms with van der Waals surface area (Å²) in [6.07, 6.45) is 7.84. The van der Waals surface area contributed by atoms with Crippen molar-refractivity contribution >= 4 is 0 Å². The van der Waals surface area contributed by atoms with Crippen LogP contribution in [0.2, 0.25) is 0 Å². The zero-order chi connectivity index (χ0) is 5.82. The minimum atomic E-state index is 0. The molecular formula is C8H17NY+. The van der Waals surface area contributed by atoms with Crippen LogP contribution in [-0.2, 0) is 32.7 Å². The van der Waals surface area contributed by atoms with Crippen molar-refractivity contribution in [3.8, 4) is 0 Å². The van der Waals surface area contributed by atoms with Gasteiger partial charge in [-0.15, -0.1) is 6.04 Å². The number of rotatable bonds is 1. The zero-order valence-electron chi connectivity index (χ0n) is 7.06. The van der Waals surface area contributed by atoms with E-state index in [1.54, 1.807) is 0 Å². The summed E-state index contributed by atoms with van der Waals surface area (Å²) in [6, 6.07) is 0.712. The Labute approximate surface area is 90.2 Å². The van der Waals surface area contributed by atoms with Gasteiger partial charge in [0.15, 0.2) is 0 Å². The molecule has 2 heteroatoms. The normalized spacial score (nSPS) is 24.3. The second-order valence-electron chi connectivity index (χ2n) is 2.42. The molecule has 10 heavy (non-hydrogen) atoms. The summed E-state index contributed by atoms with van der Waals surface area (Å²) in [4.78, 5) is 0. The average molecular weight is 216 g/mol. The molecule has 0 spiro atoms. The van der Waals surface area contributed by atoms with Crippen molar-refractivity contribution in [2.24, 2.45) is 0 Å².